The van der Waals surface area contributed by atoms with Gasteiger partial charge in [-0.15, -0.1) is 0 Å². The van der Waals surface area contributed by atoms with E-state index in [0.29, 0.717) is 0 Å². The Morgan fingerprint density at radius 3 is 2.06 bits per heavy atom. The van der Waals surface area contributed by atoms with Gasteiger partial charge in [0.15, 0.2) is 0 Å². The van der Waals surface area contributed by atoms with E-state index >= 15 is 0 Å². The van der Waals surface area contributed by atoms with Crippen molar-refractivity contribution in [2.75, 3.05) is 0 Å². The average molecular weight is 236 g/mol. The van der Waals surface area contributed by atoms with Gasteiger partial charge in [0.1, 0.15) is 5.82 Å². The van der Waals surface area contributed by atoms with E-state index in [1.54, 1.807) is 0 Å². The molecular weight excluding hydrogens is 223 g/mol. The molecule has 0 heterocycles. The van der Waals surface area contributed by atoms with Gasteiger partial charge in [-0.05, 0) is 47.0 Å². The Labute approximate surface area is 106 Å². The second-order valence-electron chi connectivity index (χ2n) is 4.57. The summed E-state index contributed by atoms with van der Waals surface area (Å²) >= 11 is 0. The minimum atomic E-state index is -0.199. The fourth-order valence-corrected chi connectivity index (χ4v) is 2.19. The molecule has 0 unspecified atom stereocenters. The predicted molar refractivity (Wildman–Crippen MR) is 74.1 cm³/mol. The van der Waals surface area contributed by atoms with Gasteiger partial charge < -0.3 is 0 Å². The summed E-state index contributed by atoms with van der Waals surface area (Å²) in [6.07, 6.45) is 0. The smallest absolute Gasteiger partial charge is 0.123 e. The molecule has 0 atom stereocenters. The summed E-state index contributed by atoms with van der Waals surface area (Å²) in [6, 6.07) is 19.3. The molecule has 0 aromatic heterocycles. The van der Waals surface area contributed by atoms with Crippen LogP contribution in [0.1, 0.15) is 5.56 Å². The maximum atomic E-state index is 12.9. The molecule has 0 N–H and O–H groups in total. The third-order valence-corrected chi connectivity index (χ3v) is 3.17. The van der Waals surface area contributed by atoms with Gasteiger partial charge in [0, 0.05) is 0 Å². The molecule has 0 spiro atoms. The molecule has 0 saturated carbocycles. The van der Waals surface area contributed by atoms with Crippen molar-refractivity contribution in [3.05, 3.63) is 72.0 Å². The first kappa shape index (κ1) is 11.0. The summed E-state index contributed by atoms with van der Waals surface area (Å²) < 4.78 is 12.9. The standard InChI is InChI=1S/C17H13F/c1-12-2-3-16-11-15(5-4-14(16)10-12)13-6-8-17(18)9-7-13/h2-11H,1H3. The normalized spacial score (nSPS) is 10.8. The SMILES string of the molecule is Cc1ccc2cc(-c3ccc(F)cc3)ccc2c1. The molecule has 0 saturated heterocycles. The Morgan fingerprint density at radius 1 is 0.667 bits per heavy atom. The molecule has 3 aromatic rings. The first-order chi connectivity index (χ1) is 8.72. The monoisotopic (exact) mass is 236 g/mol. The van der Waals surface area contributed by atoms with E-state index < -0.39 is 0 Å². The lowest BCUT2D eigenvalue weighted by Crippen LogP contribution is -1.81. The van der Waals surface area contributed by atoms with Crippen LogP contribution in [-0.2, 0) is 0 Å². The Hall–Kier alpha value is -2.15. The van der Waals surface area contributed by atoms with E-state index in [-0.39, 0.29) is 5.82 Å². The zero-order valence-electron chi connectivity index (χ0n) is 10.2. The van der Waals surface area contributed by atoms with Gasteiger partial charge in [-0.2, -0.15) is 0 Å². The van der Waals surface area contributed by atoms with Gasteiger partial charge >= 0.3 is 0 Å². The Morgan fingerprint density at radius 2 is 1.28 bits per heavy atom. The summed E-state index contributed by atoms with van der Waals surface area (Å²) in [4.78, 5) is 0. The van der Waals surface area contributed by atoms with Crippen molar-refractivity contribution < 1.29 is 4.39 Å². The first-order valence-electron chi connectivity index (χ1n) is 5.99. The van der Waals surface area contributed by atoms with Crippen LogP contribution in [0.2, 0.25) is 0 Å². The second kappa shape index (κ2) is 4.26. The second-order valence-corrected chi connectivity index (χ2v) is 4.57. The number of aryl methyl sites for hydroxylation is 1. The van der Waals surface area contributed by atoms with Crippen LogP contribution in [0.15, 0.2) is 60.7 Å². The zero-order chi connectivity index (χ0) is 12.5. The molecule has 0 amide bonds. The van der Waals surface area contributed by atoms with Crippen molar-refractivity contribution >= 4 is 10.8 Å². The van der Waals surface area contributed by atoms with Gasteiger partial charge in [-0.25, -0.2) is 4.39 Å². The molecule has 0 bridgehead atoms. The van der Waals surface area contributed by atoms with Crippen LogP contribution in [0, 0.1) is 12.7 Å². The lowest BCUT2D eigenvalue weighted by molar-refractivity contribution is 0.628. The third kappa shape index (κ3) is 2.00. The highest BCUT2D eigenvalue weighted by Gasteiger charge is 2.00. The number of fused-ring (bicyclic) bond motifs is 1. The molecule has 0 aliphatic carbocycles. The number of hydrogen-bond donors (Lipinski definition) is 0. The summed E-state index contributed by atoms with van der Waals surface area (Å²) in [5.74, 6) is -0.199. The lowest BCUT2D eigenvalue weighted by atomic mass is 10.0. The van der Waals surface area contributed by atoms with E-state index in [2.05, 4.69) is 43.3 Å². The fourth-order valence-electron chi connectivity index (χ4n) is 2.19. The quantitative estimate of drug-likeness (QED) is 0.560. The summed E-state index contributed by atoms with van der Waals surface area (Å²) in [6.45, 7) is 2.09. The molecule has 0 radical (unpaired) electrons. The van der Waals surface area contributed by atoms with Crippen molar-refractivity contribution in [2.24, 2.45) is 0 Å². The summed E-state index contributed by atoms with van der Waals surface area (Å²) in [5.41, 5.74) is 3.42. The molecule has 0 aliphatic rings. The highest BCUT2D eigenvalue weighted by molar-refractivity contribution is 5.87. The van der Waals surface area contributed by atoms with Crippen LogP contribution in [0.4, 0.5) is 4.39 Å². The largest absolute Gasteiger partial charge is 0.207 e. The number of rotatable bonds is 1. The highest BCUT2D eigenvalue weighted by Crippen LogP contribution is 2.25. The zero-order valence-corrected chi connectivity index (χ0v) is 10.2. The van der Waals surface area contributed by atoms with Gasteiger partial charge in [0.2, 0.25) is 0 Å². The van der Waals surface area contributed by atoms with Crippen LogP contribution in [-0.4, -0.2) is 0 Å². The number of benzene rings is 3. The minimum Gasteiger partial charge on any atom is -0.207 e. The topological polar surface area (TPSA) is 0 Å². The van der Waals surface area contributed by atoms with E-state index in [4.69, 9.17) is 0 Å². The maximum absolute atomic E-state index is 12.9. The predicted octanol–water partition coefficient (Wildman–Crippen LogP) is 4.95. The van der Waals surface area contributed by atoms with E-state index in [1.807, 2.05) is 12.1 Å². The van der Waals surface area contributed by atoms with Crippen molar-refractivity contribution in [3.8, 4) is 11.1 Å². The maximum Gasteiger partial charge on any atom is 0.123 e. The highest BCUT2D eigenvalue weighted by atomic mass is 19.1. The third-order valence-electron chi connectivity index (χ3n) is 3.17. The number of hydrogen-bond acceptors (Lipinski definition) is 0. The Kier molecular flexibility index (Phi) is 2.60. The average Bonchev–Trinajstić information content (AvgIpc) is 2.39. The van der Waals surface area contributed by atoms with Crippen molar-refractivity contribution in [1.29, 1.82) is 0 Å². The molecule has 0 nitrogen and oxygen atoms in total. The summed E-state index contributed by atoms with van der Waals surface area (Å²) in [5, 5.41) is 2.45. The van der Waals surface area contributed by atoms with Crippen molar-refractivity contribution in [3.63, 3.8) is 0 Å². The molecule has 18 heavy (non-hydrogen) atoms. The van der Waals surface area contributed by atoms with Crippen molar-refractivity contribution in [2.45, 2.75) is 6.92 Å². The van der Waals surface area contributed by atoms with Crippen molar-refractivity contribution in [1.82, 2.24) is 0 Å². The van der Waals surface area contributed by atoms with E-state index in [9.17, 15) is 4.39 Å². The van der Waals surface area contributed by atoms with Gasteiger partial charge in [-0.1, -0.05) is 48.0 Å². The van der Waals surface area contributed by atoms with E-state index in [1.165, 1.54) is 28.5 Å². The van der Waals surface area contributed by atoms with Gasteiger partial charge in [0.25, 0.3) is 0 Å². The van der Waals surface area contributed by atoms with Crippen LogP contribution in [0.5, 0.6) is 0 Å². The first-order valence-corrected chi connectivity index (χ1v) is 5.99. The molecular formula is C17H13F. The number of halogens is 1. The van der Waals surface area contributed by atoms with Crippen LogP contribution >= 0.6 is 0 Å². The Balaban J connectivity index is 2.13. The van der Waals surface area contributed by atoms with Gasteiger partial charge in [0.05, 0.1) is 0 Å². The molecule has 88 valence electrons. The van der Waals surface area contributed by atoms with E-state index in [0.717, 1.165) is 11.1 Å². The Bertz CT molecular complexity index is 696. The lowest BCUT2D eigenvalue weighted by Gasteiger charge is -2.05. The molecule has 3 rings (SSSR count). The van der Waals surface area contributed by atoms with Crippen LogP contribution in [0.25, 0.3) is 21.9 Å². The molecule has 0 fully saturated rings. The molecule has 1 heteroatoms. The van der Waals surface area contributed by atoms with Gasteiger partial charge in [-0.3, -0.25) is 0 Å². The molecule has 3 aromatic carbocycles. The van der Waals surface area contributed by atoms with Crippen LogP contribution in [0.3, 0.4) is 0 Å². The fraction of sp³-hybridized carbons (Fsp3) is 0.0588. The summed E-state index contributed by atoms with van der Waals surface area (Å²) in [7, 11) is 0. The molecule has 0 aliphatic heterocycles. The van der Waals surface area contributed by atoms with Crippen LogP contribution < -0.4 is 0 Å². The minimum absolute atomic E-state index is 0.199.